The number of rotatable bonds is 3. The van der Waals surface area contributed by atoms with E-state index in [2.05, 4.69) is 12.2 Å². The molecule has 2 unspecified atom stereocenters. The Labute approximate surface area is 105 Å². The van der Waals surface area contributed by atoms with Gasteiger partial charge in [0.25, 0.3) is 0 Å². The molecule has 2 nitrogen and oxygen atoms in total. The lowest BCUT2D eigenvalue weighted by molar-refractivity contribution is -0.0272. The van der Waals surface area contributed by atoms with Gasteiger partial charge in [-0.25, -0.2) is 0 Å². The van der Waals surface area contributed by atoms with E-state index in [1.54, 1.807) is 0 Å². The highest BCUT2D eigenvalue weighted by molar-refractivity contribution is 4.98. The highest BCUT2D eigenvalue weighted by atomic mass is 16.3. The van der Waals surface area contributed by atoms with Crippen molar-refractivity contribution in [3.05, 3.63) is 12.2 Å². The Morgan fingerprint density at radius 3 is 2.41 bits per heavy atom. The molecule has 0 aromatic carbocycles. The Balaban J connectivity index is 2.06. The van der Waals surface area contributed by atoms with E-state index in [-0.39, 0.29) is 11.5 Å². The monoisotopic (exact) mass is 237 g/mol. The van der Waals surface area contributed by atoms with Gasteiger partial charge in [-0.1, -0.05) is 37.8 Å². The average Bonchev–Trinajstić information content (AvgIpc) is 2.65. The molecular formula is C15H27NO. The zero-order valence-corrected chi connectivity index (χ0v) is 10.9. The highest BCUT2D eigenvalue weighted by Gasteiger charge is 2.40. The first-order chi connectivity index (χ1) is 8.28. The van der Waals surface area contributed by atoms with Crippen LogP contribution in [0, 0.1) is 11.3 Å². The highest BCUT2D eigenvalue weighted by Crippen LogP contribution is 2.42. The summed E-state index contributed by atoms with van der Waals surface area (Å²) >= 11 is 0. The molecule has 1 saturated carbocycles. The molecule has 0 aliphatic heterocycles. The zero-order chi connectivity index (χ0) is 12.1. The summed E-state index contributed by atoms with van der Waals surface area (Å²) in [5.74, 6) is 0.446. The molecular weight excluding hydrogens is 210 g/mol. The van der Waals surface area contributed by atoms with Crippen LogP contribution in [0.3, 0.4) is 0 Å². The second-order valence-corrected chi connectivity index (χ2v) is 5.97. The predicted molar refractivity (Wildman–Crippen MR) is 71.7 cm³/mol. The summed E-state index contributed by atoms with van der Waals surface area (Å²) in [6, 6.07) is 0. The van der Waals surface area contributed by atoms with E-state index in [1.807, 2.05) is 0 Å². The van der Waals surface area contributed by atoms with Crippen molar-refractivity contribution >= 4 is 0 Å². The fourth-order valence-corrected chi connectivity index (χ4v) is 3.66. The van der Waals surface area contributed by atoms with Crippen LogP contribution < -0.4 is 5.73 Å². The third kappa shape index (κ3) is 2.92. The summed E-state index contributed by atoms with van der Waals surface area (Å²) in [5.41, 5.74) is 6.06. The maximum Gasteiger partial charge on any atom is 0.0639 e. The van der Waals surface area contributed by atoms with E-state index in [1.165, 1.54) is 25.7 Å². The topological polar surface area (TPSA) is 46.2 Å². The van der Waals surface area contributed by atoms with Crippen molar-refractivity contribution in [3.63, 3.8) is 0 Å². The lowest BCUT2D eigenvalue weighted by Gasteiger charge is -2.41. The Morgan fingerprint density at radius 1 is 1.18 bits per heavy atom. The van der Waals surface area contributed by atoms with Crippen molar-refractivity contribution in [1.29, 1.82) is 0 Å². The van der Waals surface area contributed by atoms with E-state index < -0.39 is 0 Å². The van der Waals surface area contributed by atoms with Crippen molar-refractivity contribution in [2.75, 3.05) is 6.54 Å². The van der Waals surface area contributed by atoms with Gasteiger partial charge in [0.15, 0.2) is 0 Å². The quantitative estimate of drug-likeness (QED) is 0.585. The van der Waals surface area contributed by atoms with Crippen LogP contribution in [-0.4, -0.2) is 17.8 Å². The van der Waals surface area contributed by atoms with E-state index >= 15 is 0 Å². The van der Waals surface area contributed by atoms with Gasteiger partial charge in [0.05, 0.1) is 6.10 Å². The molecule has 0 spiro atoms. The molecule has 0 radical (unpaired) electrons. The van der Waals surface area contributed by atoms with Crippen LogP contribution in [0.25, 0.3) is 0 Å². The van der Waals surface area contributed by atoms with Crippen molar-refractivity contribution in [3.8, 4) is 0 Å². The third-order valence-electron chi connectivity index (χ3n) is 4.89. The molecule has 2 atom stereocenters. The summed E-state index contributed by atoms with van der Waals surface area (Å²) in [4.78, 5) is 0. The fourth-order valence-electron chi connectivity index (χ4n) is 3.66. The largest absolute Gasteiger partial charge is 0.392 e. The maximum atomic E-state index is 10.8. The van der Waals surface area contributed by atoms with Gasteiger partial charge in [0.1, 0.15) is 0 Å². The molecule has 0 amide bonds. The third-order valence-corrected chi connectivity index (χ3v) is 4.89. The van der Waals surface area contributed by atoms with Gasteiger partial charge < -0.3 is 10.8 Å². The summed E-state index contributed by atoms with van der Waals surface area (Å²) in [5, 5.41) is 10.8. The molecule has 2 aliphatic carbocycles. The first-order valence-corrected chi connectivity index (χ1v) is 7.32. The van der Waals surface area contributed by atoms with Gasteiger partial charge in [-0.3, -0.25) is 0 Å². The van der Waals surface area contributed by atoms with E-state index in [9.17, 15) is 5.11 Å². The van der Waals surface area contributed by atoms with Crippen LogP contribution in [0.1, 0.15) is 57.8 Å². The lowest BCUT2D eigenvalue weighted by atomic mass is 9.69. The Hall–Kier alpha value is -0.340. The summed E-state index contributed by atoms with van der Waals surface area (Å²) in [6.07, 6.45) is 15.0. The summed E-state index contributed by atoms with van der Waals surface area (Å²) in [6.45, 7) is 0.661. The maximum absolute atomic E-state index is 10.8. The molecule has 2 aliphatic rings. The summed E-state index contributed by atoms with van der Waals surface area (Å²) in [7, 11) is 0. The van der Waals surface area contributed by atoms with Crippen LogP contribution in [0.4, 0.5) is 0 Å². The zero-order valence-electron chi connectivity index (χ0n) is 10.9. The first kappa shape index (κ1) is 13.1. The van der Waals surface area contributed by atoms with Crippen LogP contribution in [0.2, 0.25) is 0 Å². The van der Waals surface area contributed by atoms with Crippen LogP contribution >= 0.6 is 0 Å². The smallest absolute Gasteiger partial charge is 0.0639 e. The van der Waals surface area contributed by atoms with Gasteiger partial charge in [-0.2, -0.15) is 0 Å². The fraction of sp³-hybridized carbons (Fsp3) is 0.867. The van der Waals surface area contributed by atoms with Crippen molar-refractivity contribution in [2.45, 2.75) is 63.9 Å². The van der Waals surface area contributed by atoms with Gasteiger partial charge in [0.2, 0.25) is 0 Å². The molecule has 0 bridgehead atoms. The molecule has 98 valence electrons. The van der Waals surface area contributed by atoms with Crippen molar-refractivity contribution < 1.29 is 5.11 Å². The minimum Gasteiger partial charge on any atom is -0.392 e. The SMILES string of the molecule is NCC1(C(O)C2CC=CCC2)CCCCCC1. The molecule has 0 saturated heterocycles. The number of hydrogen-bond donors (Lipinski definition) is 2. The van der Waals surface area contributed by atoms with E-state index in [0.29, 0.717) is 12.5 Å². The molecule has 0 aromatic heterocycles. The molecule has 0 aromatic rings. The number of aliphatic hydroxyl groups is 1. The van der Waals surface area contributed by atoms with Gasteiger partial charge in [0, 0.05) is 12.0 Å². The molecule has 17 heavy (non-hydrogen) atoms. The second-order valence-electron chi connectivity index (χ2n) is 5.97. The first-order valence-electron chi connectivity index (χ1n) is 7.32. The Kier molecular flexibility index (Phi) is 4.63. The Bertz CT molecular complexity index is 254. The molecule has 1 fully saturated rings. The summed E-state index contributed by atoms with van der Waals surface area (Å²) < 4.78 is 0. The minimum atomic E-state index is -0.185. The van der Waals surface area contributed by atoms with Crippen LogP contribution in [-0.2, 0) is 0 Å². The van der Waals surface area contributed by atoms with Gasteiger partial charge in [-0.05, 0) is 38.0 Å². The van der Waals surface area contributed by atoms with Crippen LogP contribution in [0.15, 0.2) is 12.2 Å². The predicted octanol–water partition coefficient (Wildman–Crippen LogP) is 3.00. The minimum absolute atomic E-state index is 0.0202. The van der Waals surface area contributed by atoms with Crippen molar-refractivity contribution in [1.82, 2.24) is 0 Å². The Morgan fingerprint density at radius 2 is 1.88 bits per heavy atom. The second kappa shape index (κ2) is 6.01. The normalized spacial score (nSPS) is 30.8. The average molecular weight is 237 g/mol. The van der Waals surface area contributed by atoms with E-state index in [4.69, 9.17) is 5.73 Å². The van der Waals surface area contributed by atoms with E-state index in [0.717, 1.165) is 32.1 Å². The molecule has 2 heteroatoms. The molecule has 2 rings (SSSR count). The lowest BCUT2D eigenvalue weighted by Crippen LogP contribution is -2.45. The number of hydrogen-bond acceptors (Lipinski definition) is 2. The number of aliphatic hydroxyl groups excluding tert-OH is 1. The number of nitrogens with two attached hydrogens (primary N) is 1. The van der Waals surface area contributed by atoms with Crippen molar-refractivity contribution in [2.24, 2.45) is 17.1 Å². The molecule has 0 heterocycles. The number of allylic oxidation sites excluding steroid dienone is 2. The molecule has 3 N–H and O–H groups in total. The van der Waals surface area contributed by atoms with Gasteiger partial charge in [-0.15, -0.1) is 0 Å². The van der Waals surface area contributed by atoms with Gasteiger partial charge >= 0.3 is 0 Å². The standard InChI is InChI=1S/C15H27NO/c16-12-15(10-6-1-2-7-11-15)14(17)13-8-4-3-5-9-13/h3-4,13-14,17H,1-2,5-12,16H2. The van der Waals surface area contributed by atoms with Crippen LogP contribution in [0.5, 0.6) is 0 Å².